The maximum absolute atomic E-state index is 13.6. The van der Waals surface area contributed by atoms with E-state index in [0.29, 0.717) is 39.9 Å². The van der Waals surface area contributed by atoms with Gasteiger partial charge in [-0.05, 0) is 36.2 Å². The Morgan fingerprint density at radius 2 is 2.03 bits per heavy atom. The van der Waals surface area contributed by atoms with E-state index < -0.39 is 12.3 Å². The van der Waals surface area contributed by atoms with Gasteiger partial charge in [-0.25, -0.2) is 23.3 Å². The number of nitrogens with zero attached hydrogens (tertiary/aromatic N) is 4. The van der Waals surface area contributed by atoms with Crippen molar-refractivity contribution in [1.82, 2.24) is 30.2 Å². The predicted molar refractivity (Wildman–Crippen MR) is 131 cm³/mol. The Bertz CT molecular complexity index is 1370. The molecule has 0 saturated carbocycles. The van der Waals surface area contributed by atoms with Crippen LogP contribution in [0.1, 0.15) is 45.3 Å². The minimum Gasteiger partial charge on any atom is -0.316 e. The molecule has 0 bridgehead atoms. The number of aromatic nitrogens is 4. The number of hydrogen-bond donors (Lipinski definition) is 3. The summed E-state index contributed by atoms with van der Waals surface area (Å²) in [7, 11) is 0. The molecule has 0 aliphatic carbocycles. The van der Waals surface area contributed by atoms with E-state index in [1.54, 1.807) is 41.4 Å². The van der Waals surface area contributed by atoms with Crippen molar-refractivity contribution in [1.29, 1.82) is 0 Å². The van der Waals surface area contributed by atoms with E-state index in [1.807, 2.05) is 6.92 Å². The van der Waals surface area contributed by atoms with Gasteiger partial charge in [-0.2, -0.15) is 5.10 Å². The number of carbonyl (C=O) groups excluding carboxylic acids is 1. The summed E-state index contributed by atoms with van der Waals surface area (Å²) in [5.74, 6) is 5.48. The summed E-state index contributed by atoms with van der Waals surface area (Å²) >= 11 is 1.19. The smallest absolute Gasteiger partial charge is 0.264 e. The summed E-state index contributed by atoms with van der Waals surface area (Å²) < 4.78 is 28.9. The van der Waals surface area contributed by atoms with Gasteiger partial charge in [0.25, 0.3) is 12.3 Å². The lowest BCUT2D eigenvalue weighted by Gasteiger charge is -2.12. The van der Waals surface area contributed by atoms with Gasteiger partial charge in [0.2, 0.25) is 0 Å². The highest BCUT2D eigenvalue weighted by Crippen LogP contribution is 2.25. The maximum atomic E-state index is 13.6. The van der Waals surface area contributed by atoms with Crippen molar-refractivity contribution < 1.29 is 13.6 Å². The van der Waals surface area contributed by atoms with Crippen LogP contribution in [0, 0.1) is 11.8 Å². The molecule has 0 fully saturated rings. The standard InChI is InChI=1S/C24H23F2N7OS/c1-2-27-9-10-28-13-17-5-4-16(12-20(17)21(25)26)23(34)32-24-30-15-19(35-24)7-6-18-14-31-33-11-3-8-29-22(18)33/h3-5,8,11-12,14-15,21,27-28H,2,9-10,13H2,1H3,(H,30,32,34). The zero-order valence-corrected chi connectivity index (χ0v) is 19.7. The number of thiazole rings is 1. The molecule has 0 aliphatic rings. The summed E-state index contributed by atoms with van der Waals surface area (Å²) in [6.45, 7) is 4.54. The number of anilines is 1. The Morgan fingerprint density at radius 1 is 1.17 bits per heavy atom. The van der Waals surface area contributed by atoms with Crippen LogP contribution < -0.4 is 16.0 Å². The fourth-order valence-corrected chi connectivity index (χ4v) is 3.95. The van der Waals surface area contributed by atoms with Gasteiger partial charge in [-0.15, -0.1) is 0 Å². The third-order valence-corrected chi connectivity index (χ3v) is 5.84. The molecule has 0 radical (unpaired) electrons. The summed E-state index contributed by atoms with van der Waals surface area (Å²) in [5.41, 5.74) is 1.74. The second-order valence-electron chi connectivity index (χ2n) is 7.42. The van der Waals surface area contributed by atoms with Crippen LogP contribution in [-0.4, -0.2) is 45.1 Å². The topological polar surface area (TPSA) is 96.2 Å². The number of halogens is 2. The Kier molecular flexibility index (Phi) is 8.10. The van der Waals surface area contributed by atoms with Crippen molar-refractivity contribution in [2.24, 2.45) is 0 Å². The van der Waals surface area contributed by atoms with E-state index in [1.165, 1.54) is 23.5 Å². The van der Waals surface area contributed by atoms with Crippen molar-refractivity contribution in [3.8, 4) is 11.8 Å². The summed E-state index contributed by atoms with van der Waals surface area (Å²) in [6.07, 6.45) is 3.92. The highest BCUT2D eigenvalue weighted by atomic mass is 32.1. The van der Waals surface area contributed by atoms with Crippen LogP contribution in [0.5, 0.6) is 0 Å². The number of rotatable bonds is 9. The van der Waals surface area contributed by atoms with Crippen LogP contribution in [0.2, 0.25) is 0 Å². The van der Waals surface area contributed by atoms with Crippen molar-refractivity contribution in [2.75, 3.05) is 25.0 Å². The van der Waals surface area contributed by atoms with Gasteiger partial charge in [0.15, 0.2) is 10.8 Å². The average Bonchev–Trinajstić information content (AvgIpc) is 3.49. The fourth-order valence-electron chi connectivity index (χ4n) is 3.28. The molecular weight excluding hydrogens is 472 g/mol. The van der Waals surface area contributed by atoms with Gasteiger partial charge in [-0.1, -0.05) is 30.2 Å². The van der Waals surface area contributed by atoms with E-state index >= 15 is 0 Å². The number of nitrogens with one attached hydrogen (secondary N) is 3. The van der Waals surface area contributed by atoms with Crippen LogP contribution in [-0.2, 0) is 6.54 Å². The number of hydrogen-bond acceptors (Lipinski definition) is 7. The molecule has 180 valence electrons. The molecule has 8 nitrogen and oxygen atoms in total. The summed E-state index contributed by atoms with van der Waals surface area (Å²) in [5, 5.41) is 13.5. The van der Waals surface area contributed by atoms with E-state index in [0.717, 1.165) is 13.1 Å². The lowest BCUT2D eigenvalue weighted by Crippen LogP contribution is -2.27. The monoisotopic (exact) mass is 495 g/mol. The van der Waals surface area contributed by atoms with Gasteiger partial charge >= 0.3 is 0 Å². The van der Waals surface area contributed by atoms with Crippen molar-refractivity contribution in [3.05, 3.63) is 76.2 Å². The van der Waals surface area contributed by atoms with Crippen LogP contribution in [0.15, 0.2) is 49.1 Å². The minimum absolute atomic E-state index is 0.136. The molecule has 35 heavy (non-hydrogen) atoms. The number of fused-ring (bicyclic) bond motifs is 1. The number of carbonyl (C=O) groups is 1. The van der Waals surface area contributed by atoms with E-state index in [4.69, 9.17) is 0 Å². The first-order valence-corrected chi connectivity index (χ1v) is 11.8. The van der Waals surface area contributed by atoms with E-state index in [9.17, 15) is 13.6 Å². The maximum Gasteiger partial charge on any atom is 0.264 e. The highest BCUT2D eigenvalue weighted by molar-refractivity contribution is 7.16. The predicted octanol–water partition coefficient (Wildman–Crippen LogP) is 3.47. The Labute approximate surface area is 204 Å². The molecule has 1 amide bonds. The molecule has 0 atom stereocenters. The minimum atomic E-state index is -2.69. The van der Waals surface area contributed by atoms with Crippen LogP contribution in [0.25, 0.3) is 5.65 Å². The first kappa shape index (κ1) is 24.4. The third kappa shape index (κ3) is 6.24. The van der Waals surface area contributed by atoms with Gasteiger partial charge in [0.1, 0.15) is 0 Å². The van der Waals surface area contributed by atoms with Crippen molar-refractivity contribution >= 4 is 28.0 Å². The SMILES string of the molecule is CCNCCNCc1ccc(C(=O)Nc2ncc(C#Cc3cnn4cccnc34)s2)cc1C(F)F. The molecule has 0 aliphatic heterocycles. The summed E-state index contributed by atoms with van der Waals surface area (Å²) in [6, 6.07) is 6.10. The lowest BCUT2D eigenvalue weighted by molar-refractivity contribution is 0.102. The van der Waals surface area contributed by atoms with Crippen molar-refractivity contribution in [3.63, 3.8) is 0 Å². The van der Waals surface area contributed by atoms with Gasteiger partial charge in [-0.3, -0.25) is 10.1 Å². The second-order valence-corrected chi connectivity index (χ2v) is 8.46. The normalized spacial score (nSPS) is 11.0. The average molecular weight is 496 g/mol. The van der Waals surface area contributed by atoms with Crippen LogP contribution >= 0.6 is 11.3 Å². The largest absolute Gasteiger partial charge is 0.316 e. The Balaban J connectivity index is 1.41. The van der Waals surface area contributed by atoms with Gasteiger partial charge in [0, 0.05) is 43.2 Å². The molecule has 1 aromatic carbocycles. The van der Waals surface area contributed by atoms with E-state index in [-0.39, 0.29) is 11.1 Å². The number of likely N-dealkylation sites (N-methyl/N-ethyl adjacent to an activating group) is 1. The zero-order chi connectivity index (χ0) is 24.6. The number of alkyl halides is 2. The first-order valence-electron chi connectivity index (χ1n) is 10.9. The molecule has 3 N–H and O–H groups in total. The molecular formula is C24H23F2N7OS. The van der Waals surface area contributed by atoms with E-state index in [2.05, 4.69) is 42.9 Å². The first-order chi connectivity index (χ1) is 17.0. The van der Waals surface area contributed by atoms with Crippen LogP contribution in [0.3, 0.4) is 0 Å². The molecule has 4 aromatic rings. The highest BCUT2D eigenvalue weighted by Gasteiger charge is 2.17. The Morgan fingerprint density at radius 3 is 2.86 bits per heavy atom. The van der Waals surface area contributed by atoms with Gasteiger partial charge < -0.3 is 10.6 Å². The quantitative estimate of drug-likeness (QED) is 0.243. The number of benzene rings is 1. The molecule has 0 saturated heterocycles. The van der Waals surface area contributed by atoms with Crippen molar-refractivity contribution in [2.45, 2.75) is 19.9 Å². The molecule has 0 spiro atoms. The third-order valence-electron chi connectivity index (χ3n) is 5.01. The summed E-state index contributed by atoms with van der Waals surface area (Å²) in [4.78, 5) is 21.7. The number of amides is 1. The molecule has 3 aromatic heterocycles. The van der Waals surface area contributed by atoms with Gasteiger partial charge in [0.05, 0.1) is 22.8 Å². The van der Waals surface area contributed by atoms with Crippen LogP contribution in [0.4, 0.5) is 13.9 Å². The fraction of sp³-hybridized carbons (Fsp3) is 0.250. The molecule has 11 heteroatoms. The lowest BCUT2D eigenvalue weighted by atomic mass is 10.0. The molecule has 3 heterocycles. The Hall–Kier alpha value is -3.72. The molecule has 4 rings (SSSR count). The zero-order valence-electron chi connectivity index (χ0n) is 18.9. The molecule has 0 unspecified atom stereocenters. The second kappa shape index (κ2) is 11.6.